The van der Waals surface area contributed by atoms with Gasteiger partial charge in [-0.15, -0.1) is 23.1 Å². The molecule has 0 bridgehead atoms. The number of aryl methyl sites for hydroxylation is 1. The van der Waals surface area contributed by atoms with Gasteiger partial charge in [0.15, 0.2) is 5.78 Å². The predicted octanol–water partition coefficient (Wildman–Crippen LogP) is 3.47. The molecule has 1 N–H and O–H groups in total. The number of carbonyl (C=O) groups is 2. The van der Waals surface area contributed by atoms with Crippen molar-refractivity contribution in [2.24, 2.45) is 5.92 Å². The second-order valence-corrected chi connectivity index (χ2v) is 6.96. The van der Waals surface area contributed by atoms with E-state index in [1.54, 1.807) is 23.1 Å². The smallest absolute Gasteiger partial charge is 0.304 e. The Labute approximate surface area is 115 Å². The first-order valence-electron chi connectivity index (χ1n) is 6.13. The Balaban J connectivity index is 2.24. The van der Waals surface area contributed by atoms with Crippen molar-refractivity contribution in [2.75, 3.05) is 5.75 Å². The van der Waals surface area contributed by atoms with E-state index >= 15 is 0 Å². The van der Waals surface area contributed by atoms with E-state index < -0.39 is 5.97 Å². The fourth-order valence-corrected chi connectivity index (χ4v) is 4.82. The molecule has 3 nitrogen and oxygen atoms in total. The van der Waals surface area contributed by atoms with Crippen LogP contribution in [0, 0.1) is 5.92 Å². The fraction of sp³-hybridized carbons (Fsp3) is 0.538. The van der Waals surface area contributed by atoms with Crippen molar-refractivity contribution in [2.45, 2.75) is 36.8 Å². The monoisotopic (exact) mass is 284 g/mol. The number of hydrogen-bond donors (Lipinski definition) is 1. The molecular weight excluding hydrogens is 268 g/mol. The number of carboxylic acids is 1. The van der Waals surface area contributed by atoms with Crippen LogP contribution >= 0.6 is 23.1 Å². The molecule has 0 amide bonds. The van der Waals surface area contributed by atoms with Gasteiger partial charge in [0.25, 0.3) is 0 Å². The van der Waals surface area contributed by atoms with E-state index in [9.17, 15) is 9.59 Å². The predicted molar refractivity (Wildman–Crippen MR) is 73.7 cm³/mol. The largest absolute Gasteiger partial charge is 0.481 e. The molecule has 98 valence electrons. The molecule has 1 unspecified atom stereocenters. The maximum Gasteiger partial charge on any atom is 0.304 e. The zero-order valence-electron chi connectivity index (χ0n) is 10.3. The molecule has 0 fully saturated rings. The number of carbonyl (C=O) groups excluding carboxylic acids is 1. The van der Waals surface area contributed by atoms with Crippen LogP contribution in [-0.2, 0) is 11.2 Å². The summed E-state index contributed by atoms with van der Waals surface area (Å²) in [6.07, 6.45) is 2.68. The van der Waals surface area contributed by atoms with Crippen molar-refractivity contribution < 1.29 is 14.7 Å². The van der Waals surface area contributed by atoms with Gasteiger partial charge in [0.05, 0.1) is 10.6 Å². The minimum Gasteiger partial charge on any atom is -0.481 e. The lowest BCUT2D eigenvalue weighted by molar-refractivity contribution is -0.137. The van der Waals surface area contributed by atoms with E-state index in [-0.39, 0.29) is 18.1 Å². The lowest BCUT2D eigenvalue weighted by Crippen LogP contribution is -2.18. The summed E-state index contributed by atoms with van der Waals surface area (Å²) in [5, 5.41) is 8.86. The second kappa shape index (κ2) is 5.89. The van der Waals surface area contributed by atoms with Gasteiger partial charge in [-0.25, -0.2) is 0 Å². The molecule has 5 heteroatoms. The molecule has 2 rings (SSSR count). The van der Waals surface area contributed by atoms with E-state index in [0.717, 1.165) is 28.4 Å². The number of fused-ring (bicyclic) bond motifs is 1. The van der Waals surface area contributed by atoms with Crippen LogP contribution in [0.4, 0.5) is 0 Å². The van der Waals surface area contributed by atoms with E-state index in [4.69, 9.17) is 5.11 Å². The molecule has 1 aromatic heterocycles. The third-order valence-electron chi connectivity index (χ3n) is 3.00. The molecule has 1 aromatic rings. The highest BCUT2D eigenvalue weighted by molar-refractivity contribution is 8.01. The van der Waals surface area contributed by atoms with Crippen molar-refractivity contribution in [3.05, 3.63) is 16.5 Å². The molecule has 0 aromatic carbocycles. The van der Waals surface area contributed by atoms with Crippen molar-refractivity contribution >= 4 is 34.9 Å². The van der Waals surface area contributed by atoms with E-state index in [2.05, 4.69) is 6.92 Å². The minimum absolute atomic E-state index is 0.0241. The Hall–Kier alpha value is -0.810. The van der Waals surface area contributed by atoms with Crippen LogP contribution < -0.4 is 0 Å². The third kappa shape index (κ3) is 2.95. The summed E-state index contributed by atoms with van der Waals surface area (Å²) in [5.41, 5.74) is 0.761. The van der Waals surface area contributed by atoms with Crippen LogP contribution in [0.15, 0.2) is 10.3 Å². The normalized spacial score (nSPS) is 19.4. The first-order chi connectivity index (χ1) is 8.61. The van der Waals surface area contributed by atoms with Crippen LogP contribution in [0.5, 0.6) is 0 Å². The first kappa shape index (κ1) is 13.6. The summed E-state index contributed by atoms with van der Waals surface area (Å²) in [4.78, 5) is 24.3. The van der Waals surface area contributed by atoms with E-state index in [1.807, 2.05) is 6.07 Å². The Morgan fingerprint density at radius 1 is 1.56 bits per heavy atom. The molecule has 1 aliphatic rings. The van der Waals surface area contributed by atoms with Crippen LogP contribution in [-0.4, -0.2) is 22.6 Å². The number of ketones is 1. The van der Waals surface area contributed by atoms with Gasteiger partial charge in [-0.2, -0.15) is 0 Å². The van der Waals surface area contributed by atoms with E-state index in [1.165, 1.54) is 4.88 Å². The highest BCUT2D eigenvalue weighted by Crippen LogP contribution is 2.38. The average molecular weight is 284 g/mol. The molecule has 0 saturated heterocycles. The highest BCUT2D eigenvalue weighted by Gasteiger charge is 2.29. The molecular formula is C13H16O3S2. The molecule has 0 saturated carbocycles. The maximum atomic E-state index is 12.3. The first-order valence-corrected chi connectivity index (χ1v) is 7.93. The number of thiophene rings is 1. The third-order valence-corrected chi connectivity index (χ3v) is 5.52. The molecule has 1 aliphatic heterocycles. The summed E-state index contributed by atoms with van der Waals surface area (Å²) < 4.78 is 1.08. The number of thioether (sulfide) groups is 1. The number of rotatable bonds is 4. The van der Waals surface area contributed by atoms with Crippen LogP contribution in [0.2, 0.25) is 0 Å². The SMILES string of the molecule is CCCc1cc2c(s1)SCCC(CC(=O)O)C2=O. The van der Waals surface area contributed by atoms with Gasteiger partial charge in [0.1, 0.15) is 0 Å². The molecule has 0 spiro atoms. The molecule has 2 heterocycles. The lowest BCUT2D eigenvalue weighted by atomic mass is 9.93. The van der Waals surface area contributed by atoms with Gasteiger partial charge in [-0.3, -0.25) is 9.59 Å². The van der Waals surface area contributed by atoms with Gasteiger partial charge in [-0.1, -0.05) is 13.3 Å². The van der Waals surface area contributed by atoms with Gasteiger partial charge in [-0.05, 0) is 24.7 Å². The van der Waals surface area contributed by atoms with Crippen molar-refractivity contribution in [1.82, 2.24) is 0 Å². The summed E-state index contributed by atoms with van der Waals surface area (Å²) in [5.74, 6) is -0.370. The number of Topliss-reactive ketones (excluding diaryl/α,β-unsaturated/α-hetero) is 1. The summed E-state index contributed by atoms with van der Waals surface area (Å²) in [6.45, 7) is 2.12. The molecule has 18 heavy (non-hydrogen) atoms. The summed E-state index contributed by atoms with van der Waals surface area (Å²) in [6, 6.07) is 1.97. The van der Waals surface area contributed by atoms with Crippen molar-refractivity contribution in [3.63, 3.8) is 0 Å². The van der Waals surface area contributed by atoms with Gasteiger partial charge in [0.2, 0.25) is 0 Å². The van der Waals surface area contributed by atoms with Crippen LogP contribution in [0.1, 0.15) is 41.4 Å². The van der Waals surface area contributed by atoms with Gasteiger partial charge >= 0.3 is 5.97 Å². The van der Waals surface area contributed by atoms with Crippen molar-refractivity contribution in [3.8, 4) is 0 Å². The number of carboxylic acid groups (broad SMARTS) is 1. The zero-order chi connectivity index (χ0) is 13.1. The zero-order valence-corrected chi connectivity index (χ0v) is 11.9. The Kier molecular flexibility index (Phi) is 4.45. The van der Waals surface area contributed by atoms with Crippen LogP contribution in [0.3, 0.4) is 0 Å². The standard InChI is InChI=1S/C13H16O3S2/c1-2-3-9-7-10-12(16)8(6-11(14)15)4-5-17-13(10)18-9/h7-8H,2-6H2,1H3,(H,14,15). The minimum atomic E-state index is -0.884. The molecule has 1 atom stereocenters. The summed E-state index contributed by atoms with van der Waals surface area (Å²) >= 11 is 3.39. The van der Waals surface area contributed by atoms with Crippen LogP contribution in [0.25, 0.3) is 0 Å². The van der Waals surface area contributed by atoms with Crippen molar-refractivity contribution in [1.29, 1.82) is 0 Å². The molecule has 0 radical (unpaired) electrons. The fourth-order valence-electron chi connectivity index (χ4n) is 2.12. The Bertz CT molecular complexity index is 465. The molecule has 0 aliphatic carbocycles. The highest BCUT2D eigenvalue weighted by atomic mass is 32.2. The van der Waals surface area contributed by atoms with Gasteiger partial charge < -0.3 is 5.11 Å². The Morgan fingerprint density at radius 3 is 3.00 bits per heavy atom. The Morgan fingerprint density at radius 2 is 2.33 bits per heavy atom. The maximum absolute atomic E-state index is 12.3. The van der Waals surface area contributed by atoms with E-state index in [0.29, 0.717) is 6.42 Å². The lowest BCUT2D eigenvalue weighted by Gasteiger charge is -2.09. The average Bonchev–Trinajstić information content (AvgIpc) is 2.64. The number of hydrogen-bond acceptors (Lipinski definition) is 4. The van der Waals surface area contributed by atoms with Gasteiger partial charge in [0, 0.05) is 16.4 Å². The quantitative estimate of drug-likeness (QED) is 0.919. The topological polar surface area (TPSA) is 54.4 Å². The summed E-state index contributed by atoms with van der Waals surface area (Å²) in [7, 11) is 0. The second-order valence-electron chi connectivity index (χ2n) is 4.46. The number of aliphatic carboxylic acids is 1.